The first-order chi connectivity index (χ1) is 9.58. The number of aromatic nitrogens is 2. The summed E-state index contributed by atoms with van der Waals surface area (Å²) >= 11 is 3.44. The fourth-order valence-electron chi connectivity index (χ4n) is 2.58. The summed E-state index contributed by atoms with van der Waals surface area (Å²) in [6.07, 6.45) is 2.42. The zero-order valence-electron chi connectivity index (χ0n) is 11.4. The van der Waals surface area contributed by atoms with Gasteiger partial charge in [0.2, 0.25) is 5.78 Å². The predicted molar refractivity (Wildman–Crippen MR) is 82.2 cm³/mol. The number of para-hydroxylation sites is 1. The maximum atomic E-state index is 12.8. The maximum absolute atomic E-state index is 12.8. The van der Waals surface area contributed by atoms with E-state index in [0.29, 0.717) is 5.69 Å². The van der Waals surface area contributed by atoms with E-state index in [2.05, 4.69) is 32.4 Å². The van der Waals surface area contributed by atoms with E-state index in [1.165, 1.54) is 5.56 Å². The second-order valence-corrected chi connectivity index (χ2v) is 6.16. The molecular weight excluding hydrogens is 318 g/mol. The molecule has 0 saturated heterocycles. The molecule has 2 heterocycles. The molecule has 4 nitrogen and oxygen atoms in total. The molecule has 1 aromatic carbocycles. The van der Waals surface area contributed by atoms with E-state index >= 15 is 0 Å². The molecule has 0 bridgehead atoms. The van der Waals surface area contributed by atoms with E-state index in [-0.39, 0.29) is 17.9 Å². The van der Waals surface area contributed by atoms with Crippen molar-refractivity contribution in [3.8, 4) is 0 Å². The van der Waals surface area contributed by atoms with Gasteiger partial charge in [0.05, 0.1) is 16.7 Å². The summed E-state index contributed by atoms with van der Waals surface area (Å²) in [6, 6.07) is 8.00. The van der Waals surface area contributed by atoms with Crippen molar-refractivity contribution in [3.63, 3.8) is 0 Å². The number of Topliss-reactive ketones (excluding diaryl/α,β-unsaturated/α-hetero) is 1. The molecule has 0 amide bonds. The van der Waals surface area contributed by atoms with E-state index in [1.807, 2.05) is 32.0 Å². The van der Waals surface area contributed by atoms with Crippen molar-refractivity contribution < 1.29 is 4.79 Å². The highest BCUT2D eigenvalue weighted by atomic mass is 79.9. The van der Waals surface area contributed by atoms with Gasteiger partial charge in [0.15, 0.2) is 0 Å². The second-order valence-electron chi connectivity index (χ2n) is 5.30. The van der Waals surface area contributed by atoms with Gasteiger partial charge in [-0.05, 0) is 41.4 Å². The predicted octanol–water partition coefficient (Wildman–Crippen LogP) is 3.45. The smallest absolute Gasteiger partial charge is 0.204 e. The van der Waals surface area contributed by atoms with Crippen LogP contribution in [0.15, 0.2) is 34.9 Å². The van der Waals surface area contributed by atoms with Gasteiger partial charge in [0.25, 0.3) is 0 Å². The average molecular weight is 334 g/mol. The highest BCUT2D eigenvalue weighted by Gasteiger charge is 2.31. The number of anilines is 1. The van der Waals surface area contributed by atoms with E-state index in [0.717, 1.165) is 16.6 Å². The third-order valence-electron chi connectivity index (χ3n) is 3.56. The van der Waals surface area contributed by atoms with Crippen molar-refractivity contribution in [2.24, 2.45) is 0 Å². The molecule has 104 valence electrons. The Hall–Kier alpha value is -1.62. The Kier molecular flexibility index (Phi) is 3.38. The average Bonchev–Trinajstić information content (AvgIpc) is 3.01. The first kappa shape index (κ1) is 13.4. The summed E-state index contributed by atoms with van der Waals surface area (Å²) in [7, 11) is 0. The molecule has 2 aromatic rings. The molecule has 0 aliphatic carbocycles. The molecule has 1 aliphatic rings. The lowest BCUT2D eigenvalue weighted by Gasteiger charge is -2.14. The number of carbonyl (C=O) groups is 1. The number of carbonyl (C=O) groups excluding carboxylic acids is 1. The van der Waals surface area contributed by atoms with Gasteiger partial charge in [-0.25, -0.2) is 0 Å². The monoisotopic (exact) mass is 333 g/mol. The number of nitrogens with zero attached hydrogens (tertiary/aromatic N) is 2. The van der Waals surface area contributed by atoms with Gasteiger partial charge in [0, 0.05) is 18.2 Å². The Morgan fingerprint density at radius 3 is 2.90 bits per heavy atom. The lowest BCUT2D eigenvalue weighted by Crippen LogP contribution is -2.30. The largest absolute Gasteiger partial charge is 0.374 e. The molecule has 1 atom stereocenters. The van der Waals surface area contributed by atoms with Crippen LogP contribution in [-0.4, -0.2) is 21.6 Å². The minimum Gasteiger partial charge on any atom is -0.374 e. The number of ketones is 1. The zero-order chi connectivity index (χ0) is 14.3. The molecular formula is C15H16BrN3O. The molecule has 0 spiro atoms. The number of nitrogens with one attached hydrogen (secondary N) is 1. The Bertz CT molecular complexity index is 638. The second kappa shape index (κ2) is 5.05. The van der Waals surface area contributed by atoms with Crippen molar-refractivity contribution >= 4 is 27.4 Å². The number of halogens is 1. The van der Waals surface area contributed by atoms with Gasteiger partial charge in [-0.2, -0.15) is 5.10 Å². The Morgan fingerprint density at radius 1 is 1.45 bits per heavy atom. The van der Waals surface area contributed by atoms with Crippen LogP contribution >= 0.6 is 15.9 Å². The topological polar surface area (TPSA) is 46.9 Å². The minimum absolute atomic E-state index is 0.0827. The van der Waals surface area contributed by atoms with Gasteiger partial charge < -0.3 is 5.32 Å². The van der Waals surface area contributed by atoms with Crippen LogP contribution in [0, 0.1) is 0 Å². The summed E-state index contributed by atoms with van der Waals surface area (Å²) in [5, 5.41) is 7.58. The lowest BCUT2D eigenvalue weighted by atomic mass is 10.0. The van der Waals surface area contributed by atoms with Crippen molar-refractivity contribution in [2.75, 3.05) is 5.32 Å². The van der Waals surface area contributed by atoms with Crippen LogP contribution in [0.3, 0.4) is 0 Å². The lowest BCUT2D eigenvalue weighted by molar-refractivity contribution is 0.0958. The van der Waals surface area contributed by atoms with Crippen LogP contribution in [0.1, 0.15) is 35.9 Å². The Morgan fingerprint density at radius 2 is 2.20 bits per heavy atom. The van der Waals surface area contributed by atoms with Crippen LogP contribution in [0.2, 0.25) is 0 Å². The third kappa shape index (κ3) is 2.16. The molecule has 20 heavy (non-hydrogen) atoms. The van der Waals surface area contributed by atoms with Gasteiger partial charge in [-0.15, -0.1) is 0 Å². The molecule has 0 radical (unpaired) electrons. The molecule has 5 heteroatoms. The highest BCUT2D eigenvalue weighted by molar-refractivity contribution is 9.10. The Balaban J connectivity index is 1.90. The maximum Gasteiger partial charge on any atom is 0.204 e. The van der Waals surface area contributed by atoms with E-state index in [4.69, 9.17) is 0 Å². The number of benzene rings is 1. The molecule has 1 unspecified atom stereocenters. The van der Waals surface area contributed by atoms with E-state index < -0.39 is 0 Å². The molecule has 3 rings (SSSR count). The van der Waals surface area contributed by atoms with Crippen LogP contribution in [-0.2, 0) is 6.42 Å². The van der Waals surface area contributed by atoms with Crippen molar-refractivity contribution in [2.45, 2.75) is 32.4 Å². The zero-order valence-corrected chi connectivity index (χ0v) is 13.0. The number of hydrogen-bond acceptors (Lipinski definition) is 3. The summed E-state index contributed by atoms with van der Waals surface area (Å²) < 4.78 is 2.53. The number of fused-ring (bicyclic) bond motifs is 1. The van der Waals surface area contributed by atoms with Crippen LogP contribution in [0.4, 0.5) is 5.69 Å². The summed E-state index contributed by atoms with van der Waals surface area (Å²) in [6.45, 7) is 4.04. The first-order valence-corrected chi connectivity index (χ1v) is 7.49. The third-order valence-corrected chi connectivity index (χ3v) is 4.14. The molecule has 1 aromatic heterocycles. The van der Waals surface area contributed by atoms with Gasteiger partial charge in [-0.1, -0.05) is 18.2 Å². The van der Waals surface area contributed by atoms with Crippen LogP contribution in [0.5, 0.6) is 0 Å². The fraction of sp³-hybridized carbons (Fsp3) is 0.333. The summed E-state index contributed by atoms with van der Waals surface area (Å²) in [4.78, 5) is 12.8. The standard InChI is InChI=1S/C15H16BrN3O/c1-9(2)19-14(11(16)8-17-19)15(20)13-7-10-5-3-4-6-12(10)18-13/h3-6,8-9,13,18H,7H2,1-2H3. The van der Waals surface area contributed by atoms with E-state index in [1.54, 1.807) is 10.9 Å². The van der Waals surface area contributed by atoms with Crippen LogP contribution < -0.4 is 5.32 Å². The Labute approximate surface area is 126 Å². The van der Waals surface area contributed by atoms with Gasteiger partial charge in [0.1, 0.15) is 5.69 Å². The van der Waals surface area contributed by atoms with E-state index in [9.17, 15) is 4.79 Å². The van der Waals surface area contributed by atoms with Gasteiger partial charge in [-0.3, -0.25) is 9.48 Å². The number of rotatable bonds is 3. The molecule has 0 fully saturated rings. The summed E-state index contributed by atoms with van der Waals surface area (Å²) in [5.74, 6) is 0.0827. The minimum atomic E-state index is -0.210. The molecule has 1 N–H and O–H groups in total. The SMILES string of the molecule is CC(C)n1ncc(Br)c1C(=O)C1Cc2ccccc2N1. The highest BCUT2D eigenvalue weighted by Crippen LogP contribution is 2.29. The molecule has 0 saturated carbocycles. The van der Waals surface area contributed by atoms with Crippen molar-refractivity contribution in [1.82, 2.24) is 9.78 Å². The van der Waals surface area contributed by atoms with Crippen molar-refractivity contribution in [1.29, 1.82) is 0 Å². The normalized spacial score (nSPS) is 17.1. The number of hydrogen-bond donors (Lipinski definition) is 1. The summed E-state index contributed by atoms with van der Waals surface area (Å²) in [5.41, 5.74) is 2.89. The quantitative estimate of drug-likeness (QED) is 0.875. The van der Waals surface area contributed by atoms with Gasteiger partial charge >= 0.3 is 0 Å². The van der Waals surface area contributed by atoms with Crippen molar-refractivity contribution in [3.05, 3.63) is 46.2 Å². The van der Waals surface area contributed by atoms with Crippen LogP contribution in [0.25, 0.3) is 0 Å². The molecule has 1 aliphatic heterocycles. The first-order valence-electron chi connectivity index (χ1n) is 6.69. The fourth-order valence-corrected chi connectivity index (χ4v) is 3.05.